The first-order valence-corrected chi connectivity index (χ1v) is 6.28. The Balaban J connectivity index is 2.63. The van der Waals surface area contributed by atoms with Crippen molar-refractivity contribution in [2.75, 3.05) is 11.9 Å². The molecule has 0 amide bonds. The van der Waals surface area contributed by atoms with Gasteiger partial charge in [-0.25, -0.2) is 9.97 Å². The van der Waals surface area contributed by atoms with Gasteiger partial charge in [0.25, 0.3) is 0 Å². The van der Waals surface area contributed by atoms with Crippen molar-refractivity contribution in [2.45, 2.75) is 39.7 Å². The van der Waals surface area contributed by atoms with E-state index in [1.54, 1.807) is 6.07 Å². The highest BCUT2D eigenvalue weighted by molar-refractivity contribution is 5.33. The summed E-state index contributed by atoms with van der Waals surface area (Å²) in [6.45, 7) is 6.34. The Kier molecular flexibility index (Phi) is 5.53. The second-order valence-corrected chi connectivity index (χ2v) is 4.35. The topological polar surface area (TPSA) is 81.8 Å². The van der Waals surface area contributed by atoms with Gasteiger partial charge in [-0.05, 0) is 18.9 Å². The molecule has 1 heterocycles. The van der Waals surface area contributed by atoms with Gasteiger partial charge in [0.2, 0.25) is 5.95 Å². The summed E-state index contributed by atoms with van der Waals surface area (Å²) in [7, 11) is 0. The number of aryl methyl sites for hydroxylation is 1. The van der Waals surface area contributed by atoms with Gasteiger partial charge in [-0.15, -0.1) is 0 Å². The largest absolute Gasteiger partial charge is 0.391 e. The summed E-state index contributed by atoms with van der Waals surface area (Å²) in [5, 5.41) is 21.8. The summed E-state index contributed by atoms with van der Waals surface area (Å²) in [4.78, 5) is 8.22. The second-order valence-electron chi connectivity index (χ2n) is 4.35. The van der Waals surface area contributed by atoms with Crippen LogP contribution in [0.25, 0.3) is 0 Å². The van der Waals surface area contributed by atoms with Crippen molar-refractivity contribution in [1.29, 1.82) is 5.26 Å². The van der Waals surface area contributed by atoms with Crippen LogP contribution in [0.1, 0.15) is 38.1 Å². The molecular formula is C13H20N4O. The third-order valence-electron chi connectivity index (χ3n) is 3.03. The lowest BCUT2D eigenvalue weighted by Crippen LogP contribution is -2.28. The predicted molar refractivity (Wildman–Crippen MR) is 70.1 cm³/mol. The Labute approximate surface area is 108 Å². The zero-order valence-corrected chi connectivity index (χ0v) is 11.1. The number of nitrogens with zero attached hydrogens (tertiary/aromatic N) is 3. The first-order chi connectivity index (χ1) is 8.60. The number of hydrogen-bond donors (Lipinski definition) is 2. The standard InChI is InChI=1S/C13H20N4O/c1-4-10(5-2)12(18)8-15-13-16-9(3)6-11(7-14)17-13/h6,10,12,18H,4-5,8H2,1-3H3,(H,15,16,17). The minimum atomic E-state index is -0.422. The van der Waals surface area contributed by atoms with Crippen molar-refractivity contribution in [3.05, 3.63) is 17.5 Å². The van der Waals surface area contributed by atoms with Crippen LogP contribution in [0.5, 0.6) is 0 Å². The summed E-state index contributed by atoms with van der Waals surface area (Å²) in [6, 6.07) is 3.61. The molecule has 1 aromatic rings. The van der Waals surface area contributed by atoms with Crippen LogP contribution in [0.4, 0.5) is 5.95 Å². The van der Waals surface area contributed by atoms with Crippen LogP contribution in [0.2, 0.25) is 0 Å². The van der Waals surface area contributed by atoms with Crippen LogP contribution in [0.3, 0.4) is 0 Å². The van der Waals surface area contributed by atoms with E-state index in [2.05, 4.69) is 29.1 Å². The molecule has 0 fully saturated rings. The number of aromatic nitrogens is 2. The minimum Gasteiger partial charge on any atom is -0.391 e. The summed E-state index contributed by atoms with van der Waals surface area (Å²) < 4.78 is 0. The van der Waals surface area contributed by atoms with Crippen molar-refractivity contribution in [3.8, 4) is 6.07 Å². The Morgan fingerprint density at radius 1 is 1.39 bits per heavy atom. The SMILES string of the molecule is CCC(CC)C(O)CNc1nc(C)cc(C#N)n1. The number of nitrogens with one attached hydrogen (secondary N) is 1. The Morgan fingerprint density at radius 3 is 2.61 bits per heavy atom. The van der Waals surface area contributed by atoms with Crippen LogP contribution in [0, 0.1) is 24.2 Å². The molecule has 0 aromatic carbocycles. The van der Waals surface area contributed by atoms with Crippen molar-refractivity contribution in [1.82, 2.24) is 9.97 Å². The molecule has 18 heavy (non-hydrogen) atoms. The molecule has 1 atom stereocenters. The molecule has 1 aromatic heterocycles. The molecule has 0 aliphatic rings. The molecule has 0 aliphatic heterocycles. The maximum absolute atomic E-state index is 9.98. The molecule has 98 valence electrons. The van der Waals surface area contributed by atoms with Gasteiger partial charge in [-0.2, -0.15) is 5.26 Å². The molecule has 1 rings (SSSR count). The summed E-state index contributed by atoms with van der Waals surface area (Å²) in [5.74, 6) is 0.675. The molecule has 2 N–H and O–H groups in total. The van der Waals surface area contributed by atoms with Crippen LogP contribution in [0.15, 0.2) is 6.07 Å². The van der Waals surface area contributed by atoms with Gasteiger partial charge in [0, 0.05) is 12.2 Å². The molecule has 0 spiro atoms. The summed E-state index contributed by atoms with van der Waals surface area (Å²) >= 11 is 0. The maximum atomic E-state index is 9.98. The molecule has 0 saturated carbocycles. The van der Waals surface area contributed by atoms with E-state index in [0.29, 0.717) is 18.2 Å². The smallest absolute Gasteiger partial charge is 0.224 e. The minimum absolute atomic E-state index is 0.276. The fourth-order valence-electron chi connectivity index (χ4n) is 1.90. The molecule has 0 bridgehead atoms. The predicted octanol–water partition coefficient (Wildman–Crippen LogP) is 1.87. The van der Waals surface area contributed by atoms with Crippen molar-refractivity contribution < 1.29 is 5.11 Å². The first kappa shape index (κ1) is 14.4. The summed E-state index contributed by atoms with van der Waals surface area (Å²) in [5.41, 5.74) is 1.07. The highest BCUT2D eigenvalue weighted by atomic mass is 16.3. The molecule has 5 heteroatoms. The summed E-state index contributed by atoms with van der Waals surface area (Å²) in [6.07, 6.45) is 1.46. The van der Waals surface area contributed by atoms with Gasteiger partial charge < -0.3 is 10.4 Å². The quantitative estimate of drug-likeness (QED) is 0.803. The highest BCUT2D eigenvalue weighted by Gasteiger charge is 2.15. The van der Waals surface area contributed by atoms with E-state index in [0.717, 1.165) is 18.5 Å². The van der Waals surface area contributed by atoms with Crippen LogP contribution in [-0.2, 0) is 0 Å². The van der Waals surface area contributed by atoms with Gasteiger partial charge >= 0.3 is 0 Å². The van der Waals surface area contributed by atoms with Gasteiger partial charge in [-0.1, -0.05) is 26.7 Å². The normalized spacial score (nSPS) is 12.2. The second kappa shape index (κ2) is 6.92. The van der Waals surface area contributed by atoms with E-state index in [1.807, 2.05) is 13.0 Å². The molecule has 0 radical (unpaired) electrons. The Bertz CT molecular complexity index is 423. The average Bonchev–Trinajstić information content (AvgIpc) is 2.37. The van der Waals surface area contributed by atoms with E-state index in [4.69, 9.17) is 5.26 Å². The third kappa shape index (κ3) is 3.97. The van der Waals surface area contributed by atoms with Crippen LogP contribution in [-0.4, -0.2) is 27.7 Å². The number of hydrogen-bond acceptors (Lipinski definition) is 5. The van der Waals surface area contributed by atoms with Crippen LogP contribution < -0.4 is 5.32 Å². The fraction of sp³-hybridized carbons (Fsp3) is 0.615. The Morgan fingerprint density at radius 2 is 2.06 bits per heavy atom. The van der Waals surface area contributed by atoms with Gasteiger partial charge in [-0.3, -0.25) is 0 Å². The molecule has 5 nitrogen and oxygen atoms in total. The van der Waals surface area contributed by atoms with E-state index in [-0.39, 0.29) is 5.92 Å². The van der Waals surface area contributed by atoms with Gasteiger partial charge in [0.1, 0.15) is 11.8 Å². The van der Waals surface area contributed by atoms with E-state index >= 15 is 0 Å². The molecule has 0 saturated heterocycles. The molecular weight excluding hydrogens is 228 g/mol. The number of aliphatic hydroxyl groups excluding tert-OH is 1. The monoisotopic (exact) mass is 248 g/mol. The number of anilines is 1. The Hall–Kier alpha value is -1.67. The van der Waals surface area contributed by atoms with Gasteiger partial charge in [0.15, 0.2) is 0 Å². The lowest BCUT2D eigenvalue weighted by atomic mass is 9.97. The average molecular weight is 248 g/mol. The number of nitriles is 1. The maximum Gasteiger partial charge on any atom is 0.224 e. The van der Waals surface area contributed by atoms with Crippen molar-refractivity contribution >= 4 is 5.95 Å². The van der Waals surface area contributed by atoms with Crippen LogP contribution >= 0.6 is 0 Å². The lowest BCUT2D eigenvalue weighted by Gasteiger charge is -2.20. The lowest BCUT2D eigenvalue weighted by molar-refractivity contribution is 0.114. The van der Waals surface area contributed by atoms with E-state index in [1.165, 1.54) is 0 Å². The number of rotatable bonds is 6. The van der Waals surface area contributed by atoms with Crippen molar-refractivity contribution in [2.24, 2.45) is 5.92 Å². The highest BCUT2D eigenvalue weighted by Crippen LogP contribution is 2.13. The first-order valence-electron chi connectivity index (χ1n) is 6.28. The molecule has 0 aliphatic carbocycles. The van der Waals surface area contributed by atoms with E-state index < -0.39 is 6.10 Å². The number of aliphatic hydroxyl groups is 1. The third-order valence-corrected chi connectivity index (χ3v) is 3.03. The fourth-order valence-corrected chi connectivity index (χ4v) is 1.90. The zero-order valence-electron chi connectivity index (χ0n) is 11.1. The molecule has 1 unspecified atom stereocenters. The zero-order chi connectivity index (χ0) is 13.5. The van der Waals surface area contributed by atoms with Crippen molar-refractivity contribution in [3.63, 3.8) is 0 Å². The van der Waals surface area contributed by atoms with E-state index in [9.17, 15) is 5.11 Å². The van der Waals surface area contributed by atoms with Gasteiger partial charge in [0.05, 0.1) is 6.10 Å².